The summed E-state index contributed by atoms with van der Waals surface area (Å²) in [5.74, 6) is 0. The van der Waals surface area contributed by atoms with E-state index in [1.54, 1.807) is 0 Å². The Kier molecular flexibility index (Phi) is 4.94. The molecule has 0 aromatic heterocycles. The lowest BCUT2D eigenvalue weighted by atomic mass is 10.2. The molecule has 0 unspecified atom stereocenters. The molecule has 0 aliphatic rings. The molecule has 7 heteroatoms. The number of nitrogen functional groups attached to an aromatic ring is 1. The number of nitrogens with two attached hydrogens (primary N) is 2. The molecule has 1 aromatic rings. The predicted octanol–water partition coefficient (Wildman–Crippen LogP) is 0.280. The second kappa shape index (κ2) is 6.03. The highest BCUT2D eigenvalue weighted by molar-refractivity contribution is 7.89. The van der Waals surface area contributed by atoms with Gasteiger partial charge in [-0.1, -0.05) is 0 Å². The van der Waals surface area contributed by atoms with Gasteiger partial charge in [0.1, 0.15) is 0 Å². The fraction of sp³-hybridized carbons (Fsp3) is 0.455. The van der Waals surface area contributed by atoms with E-state index in [4.69, 9.17) is 10.9 Å². The molecule has 0 aliphatic heterocycles. The predicted molar refractivity (Wildman–Crippen MR) is 73.9 cm³/mol. The van der Waals surface area contributed by atoms with Gasteiger partial charge in [0.15, 0.2) is 0 Å². The Morgan fingerprint density at radius 2 is 2.00 bits per heavy atom. The number of nitrogens with one attached hydrogen (secondary N) is 1. The first-order chi connectivity index (χ1) is 8.30. The summed E-state index contributed by atoms with van der Waals surface area (Å²) in [7, 11) is 0.302. The second-order valence-electron chi connectivity index (χ2n) is 4.38. The summed E-state index contributed by atoms with van der Waals surface area (Å²) in [6.07, 6.45) is 0.937. The lowest BCUT2D eigenvalue weighted by molar-refractivity contribution is 0.405. The van der Waals surface area contributed by atoms with Crippen LogP contribution in [0.3, 0.4) is 0 Å². The lowest BCUT2D eigenvalue weighted by Crippen LogP contribution is -2.17. The third-order valence-corrected chi connectivity index (χ3v) is 3.36. The zero-order valence-electron chi connectivity index (χ0n) is 10.7. The summed E-state index contributed by atoms with van der Waals surface area (Å²) in [5.41, 5.74) is 6.87. The molecule has 0 spiro atoms. The van der Waals surface area contributed by atoms with E-state index in [1.165, 1.54) is 18.2 Å². The van der Waals surface area contributed by atoms with Gasteiger partial charge in [0.25, 0.3) is 0 Å². The van der Waals surface area contributed by atoms with Crippen LogP contribution >= 0.6 is 0 Å². The van der Waals surface area contributed by atoms with Gasteiger partial charge in [0, 0.05) is 6.54 Å². The molecule has 1 rings (SSSR count). The molecule has 18 heavy (non-hydrogen) atoms. The normalized spacial score (nSPS) is 11.8. The summed E-state index contributed by atoms with van der Waals surface area (Å²) in [6.45, 7) is 1.66. The van der Waals surface area contributed by atoms with Gasteiger partial charge in [-0.2, -0.15) is 0 Å². The first-order valence-corrected chi connectivity index (χ1v) is 7.16. The third kappa shape index (κ3) is 4.52. The molecule has 1 aromatic carbocycles. The van der Waals surface area contributed by atoms with Crippen LogP contribution < -0.4 is 16.2 Å². The first kappa shape index (κ1) is 14.7. The molecule has 102 valence electrons. The highest BCUT2D eigenvalue weighted by Gasteiger charge is 2.09. The van der Waals surface area contributed by atoms with Crippen molar-refractivity contribution < 1.29 is 8.42 Å². The van der Waals surface area contributed by atoms with Crippen LogP contribution in [0.15, 0.2) is 23.1 Å². The number of hydrogen-bond donors (Lipinski definition) is 3. The molecule has 0 amide bonds. The van der Waals surface area contributed by atoms with Crippen LogP contribution in [-0.4, -0.2) is 40.5 Å². The number of benzene rings is 1. The van der Waals surface area contributed by atoms with E-state index in [0.29, 0.717) is 11.4 Å². The van der Waals surface area contributed by atoms with Crippen molar-refractivity contribution in [3.63, 3.8) is 0 Å². The standard InChI is InChI=1S/C11H20N4O2S/c1-15(2)7-3-6-14-11-8-9(18(13,16)17)4-5-10(11)12/h4-5,8,14H,3,6-7,12H2,1-2H3,(H2,13,16,17). The second-order valence-corrected chi connectivity index (χ2v) is 5.94. The number of hydrogen-bond acceptors (Lipinski definition) is 5. The Bertz CT molecular complexity index is 500. The van der Waals surface area contributed by atoms with Gasteiger partial charge >= 0.3 is 0 Å². The van der Waals surface area contributed by atoms with E-state index in [0.717, 1.165) is 19.5 Å². The zero-order valence-corrected chi connectivity index (χ0v) is 11.5. The van der Waals surface area contributed by atoms with Gasteiger partial charge in [-0.15, -0.1) is 0 Å². The van der Waals surface area contributed by atoms with Crippen molar-refractivity contribution in [2.75, 3.05) is 38.2 Å². The van der Waals surface area contributed by atoms with Crippen molar-refractivity contribution in [2.45, 2.75) is 11.3 Å². The topological polar surface area (TPSA) is 101 Å². The van der Waals surface area contributed by atoms with Gasteiger partial charge in [0.05, 0.1) is 16.3 Å². The molecule has 6 nitrogen and oxygen atoms in total. The molecule has 0 bridgehead atoms. The third-order valence-electron chi connectivity index (χ3n) is 2.45. The van der Waals surface area contributed by atoms with Crippen molar-refractivity contribution in [2.24, 2.45) is 5.14 Å². The van der Waals surface area contributed by atoms with Crippen molar-refractivity contribution in [1.29, 1.82) is 0 Å². The molecule has 0 aliphatic carbocycles. The summed E-state index contributed by atoms with van der Waals surface area (Å²) in [4.78, 5) is 2.14. The Morgan fingerprint density at radius 1 is 1.33 bits per heavy atom. The Labute approximate surface area is 108 Å². The van der Waals surface area contributed by atoms with E-state index < -0.39 is 10.0 Å². The highest BCUT2D eigenvalue weighted by Crippen LogP contribution is 2.21. The monoisotopic (exact) mass is 272 g/mol. The molecule has 0 radical (unpaired) electrons. The van der Waals surface area contributed by atoms with Crippen molar-refractivity contribution >= 4 is 21.4 Å². The summed E-state index contributed by atoms with van der Waals surface area (Å²) in [6, 6.07) is 4.39. The van der Waals surface area contributed by atoms with Gasteiger partial charge in [-0.25, -0.2) is 13.6 Å². The largest absolute Gasteiger partial charge is 0.397 e. The number of primary sulfonamides is 1. The zero-order chi connectivity index (χ0) is 13.8. The van der Waals surface area contributed by atoms with E-state index in [1.807, 2.05) is 14.1 Å². The summed E-state index contributed by atoms with van der Waals surface area (Å²) >= 11 is 0. The molecule has 0 fully saturated rings. The number of anilines is 2. The van der Waals surface area contributed by atoms with E-state index >= 15 is 0 Å². The molecular weight excluding hydrogens is 252 g/mol. The summed E-state index contributed by atoms with van der Waals surface area (Å²) < 4.78 is 22.4. The quantitative estimate of drug-likeness (QED) is 0.510. The molecule has 0 saturated heterocycles. The average Bonchev–Trinajstić information content (AvgIpc) is 2.24. The lowest BCUT2D eigenvalue weighted by Gasteiger charge is -2.12. The number of rotatable bonds is 6. The molecular formula is C11H20N4O2S. The van der Waals surface area contributed by atoms with Crippen LogP contribution in [0.25, 0.3) is 0 Å². The fourth-order valence-electron chi connectivity index (χ4n) is 1.48. The van der Waals surface area contributed by atoms with Crippen molar-refractivity contribution in [3.05, 3.63) is 18.2 Å². The maximum Gasteiger partial charge on any atom is 0.238 e. The Morgan fingerprint density at radius 3 is 2.56 bits per heavy atom. The van der Waals surface area contributed by atoms with E-state index in [2.05, 4.69) is 10.2 Å². The van der Waals surface area contributed by atoms with Crippen LogP contribution in [-0.2, 0) is 10.0 Å². The number of nitrogens with zero attached hydrogens (tertiary/aromatic N) is 1. The van der Waals surface area contributed by atoms with Crippen molar-refractivity contribution in [3.8, 4) is 0 Å². The van der Waals surface area contributed by atoms with Gasteiger partial charge in [0.2, 0.25) is 10.0 Å². The Hall–Kier alpha value is -1.31. The van der Waals surface area contributed by atoms with Crippen molar-refractivity contribution in [1.82, 2.24) is 4.90 Å². The highest BCUT2D eigenvalue weighted by atomic mass is 32.2. The SMILES string of the molecule is CN(C)CCCNc1cc(S(N)(=O)=O)ccc1N. The number of sulfonamides is 1. The maximum atomic E-state index is 11.2. The summed E-state index contributed by atoms with van der Waals surface area (Å²) in [5, 5.41) is 8.18. The smallest absolute Gasteiger partial charge is 0.238 e. The van der Waals surface area contributed by atoms with Gasteiger partial charge < -0.3 is 16.0 Å². The molecule has 5 N–H and O–H groups in total. The van der Waals surface area contributed by atoms with Gasteiger partial charge in [-0.3, -0.25) is 0 Å². The molecule has 0 atom stereocenters. The fourth-order valence-corrected chi connectivity index (χ4v) is 2.02. The molecule has 0 heterocycles. The van der Waals surface area contributed by atoms with Crippen LogP contribution in [0, 0.1) is 0 Å². The minimum Gasteiger partial charge on any atom is -0.397 e. The van der Waals surface area contributed by atoms with E-state index in [-0.39, 0.29) is 4.90 Å². The maximum absolute atomic E-state index is 11.2. The Balaban J connectivity index is 2.70. The van der Waals surface area contributed by atoms with Gasteiger partial charge in [-0.05, 0) is 45.3 Å². The van der Waals surface area contributed by atoms with E-state index in [9.17, 15) is 8.42 Å². The first-order valence-electron chi connectivity index (χ1n) is 5.61. The van der Waals surface area contributed by atoms with Crippen LogP contribution in [0.1, 0.15) is 6.42 Å². The van der Waals surface area contributed by atoms with Crippen LogP contribution in [0.4, 0.5) is 11.4 Å². The minimum atomic E-state index is -3.69. The average molecular weight is 272 g/mol. The molecule has 0 saturated carbocycles. The van der Waals surface area contributed by atoms with Crippen LogP contribution in [0.5, 0.6) is 0 Å². The van der Waals surface area contributed by atoms with Crippen LogP contribution in [0.2, 0.25) is 0 Å². The minimum absolute atomic E-state index is 0.0619.